The molecule has 1 aliphatic heterocycles. The number of carbonyl (C=O) groups is 1. The van der Waals surface area contributed by atoms with E-state index in [4.69, 9.17) is 9.47 Å². The molecule has 1 aromatic carbocycles. The summed E-state index contributed by atoms with van der Waals surface area (Å²) in [5, 5.41) is 7.21. The van der Waals surface area contributed by atoms with E-state index < -0.39 is 16.6 Å². The van der Waals surface area contributed by atoms with Crippen LogP contribution in [0.2, 0.25) is 0 Å². The maximum atomic E-state index is 12.8. The number of urea groups is 1. The first-order valence-corrected chi connectivity index (χ1v) is 11.6. The molecule has 5 rings (SSSR count). The molecule has 2 aromatic rings. The lowest BCUT2D eigenvalue weighted by molar-refractivity contribution is 0.0775. The van der Waals surface area contributed by atoms with Gasteiger partial charge in [0.25, 0.3) is 0 Å². The van der Waals surface area contributed by atoms with Crippen LogP contribution >= 0.6 is 0 Å². The Morgan fingerprint density at radius 2 is 2.00 bits per heavy atom. The molecule has 0 spiro atoms. The summed E-state index contributed by atoms with van der Waals surface area (Å²) < 4.78 is 29.5. The van der Waals surface area contributed by atoms with Crippen molar-refractivity contribution in [1.82, 2.24) is 9.78 Å². The third-order valence-corrected chi connectivity index (χ3v) is 7.19. The van der Waals surface area contributed by atoms with E-state index in [1.165, 1.54) is 28.5 Å². The van der Waals surface area contributed by atoms with Gasteiger partial charge >= 0.3 is 6.03 Å². The monoisotopic (exact) mass is 429 g/mol. The zero-order valence-corrected chi connectivity index (χ0v) is 17.8. The standard InChI is InChI=1S/C21H25N4O4S/c1-28-15-8-9-29-20-18(11-22-25(20)12-15)30(27)24-21(26)23-19-16-6-2-4-13(16)10-14-5-3-7-17(14)19/h10-11,15H,2-9,12H2,1H3,(H,23,26)/q-1/t15-/m1/s1. The third kappa shape index (κ3) is 3.50. The number of nitrogens with one attached hydrogen (secondary N) is 1. The molecule has 0 bridgehead atoms. The number of methoxy groups -OCH3 is 1. The van der Waals surface area contributed by atoms with Crippen molar-refractivity contribution < 1.29 is 18.5 Å². The molecule has 1 aromatic heterocycles. The van der Waals surface area contributed by atoms with Gasteiger partial charge in [0, 0.05) is 25.4 Å². The van der Waals surface area contributed by atoms with Gasteiger partial charge in [0.1, 0.15) is 0 Å². The van der Waals surface area contributed by atoms with E-state index in [-0.39, 0.29) is 6.10 Å². The number of benzene rings is 1. The molecular formula is C21H25N4O4S-. The van der Waals surface area contributed by atoms with Gasteiger partial charge in [-0.1, -0.05) is 6.07 Å². The number of hydrogen-bond donors (Lipinski definition) is 1. The van der Waals surface area contributed by atoms with Crippen molar-refractivity contribution in [3.8, 4) is 5.88 Å². The van der Waals surface area contributed by atoms with E-state index in [0.29, 0.717) is 30.3 Å². The van der Waals surface area contributed by atoms with Crippen LogP contribution in [-0.4, -0.2) is 35.6 Å². The number of aromatic nitrogens is 2. The van der Waals surface area contributed by atoms with E-state index >= 15 is 0 Å². The largest absolute Gasteiger partial charge is 0.479 e. The highest BCUT2D eigenvalue weighted by molar-refractivity contribution is 7.75. The summed E-state index contributed by atoms with van der Waals surface area (Å²) in [4.78, 5) is 13.0. The summed E-state index contributed by atoms with van der Waals surface area (Å²) in [5.74, 6) is 0.394. The SMILES string of the molecule is CO[C@@H]1CCOc2c([S-](=O)=NC(=O)Nc3c4c(cc5c3CCC5)CCC4)cnn2C1. The molecule has 30 heavy (non-hydrogen) atoms. The number of rotatable bonds is 3. The van der Waals surface area contributed by atoms with Crippen molar-refractivity contribution in [2.45, 2.75) is 62.5 Å². The van der Waals surface area contributed by atoms with Crippen molar-refractivity contribution >= 4 is 22.3 Å². The molecular weight excluding hydrogens is 404 g/mol. The molecule has 2 amide bonds. The molecule has 1 N–H and O–H groups in total. The van der Waals surface area contributed by atoms with Gasteiger partial charge in [0.2, 0.25) is 0 Å². The van der Waals surface area contributed by atoms with Crippen molar-refractivity contribution in [3.63, 3.8) is 0 Å². The smallest absolute Gasteiger partial charge is 0.322 e. The Labute approximate surface area is 177 Å². The number of fused-ring (bicyclic) bond motifs is 3. The highest BCUT2D eigenvalue weighted by atomic mass is 32.2. The molecule has 160 valence electrons. The molecule has 0 radical (unpaired) electrons. The highest BCUT2D eigenvalue weighted by Gasteiger charge is 2.25. The Balaban J connectivity index is 1.41. The van der Waals surface area contributed by atoms with Crippen LogP contribution in [-0.2, 0) is 51.8 Å². The number of hydrogen-bond acceptors (Lipinski definition) is 6. The lowest BCUT2D eigenvalue weighted by Crippen LogP contribution is -2.17. The molecule has 0 saturated carbocycles. The number of amides is 2. The normalized spacial score (nSPS) is 20.8. The van der Waals surface area contributed by atoms with Gasteiger partial charge in [0.15, 0.2) is 5.88 Å². The average Bonchev–Trinajstić information content (AvgIpc) is 3.45. The van der Waals surface area contributed by atoms with Crippen LogP contribution in [0, 0.1) is 0 Å². The quantitative estimate of drug-likeness (QED) is 0.755. The maximum absolute atomic E-state index is 12.8. The second-order valence-electron chi connectivity index (χ2n) is 8.00. The van der Waals surface area contributed by atoms with Gasteiger partial charge in [-0.2, -0.15) is 5.10 Å². The summed E-state index contributed by atoms with van der Waals surface area (Å²) >= 11 is 0. The van der Waals surface area contributed by atoms with Crippen LogP contribution in [0.15, 0.2) is 21.5 Å². The van der Waals surface area contributed by atoms with Crippen molar-refractivity contribution in [3.05, 3.63) is 34.5 Å². The summed E-state index contributed by atoms with van der Waals surface area (Å²) in [5.41, 5.74) is 6.00. The predicted molar refractivity (Wildman–Crippen MR) is 111 cm³/mol. The first kappa shape index (κ1) is 19.6. The lowest BCUT2D eigenvalue weighted by atomic mass is 9.99. The Morgan fingerprint density at radius 3 is 2.70 bits per heavy atom. The van der Waals surface area contributed by atoms with E-state index in [0.717, 1.165) is 44.2 Å². The summed E-state index contributed by atoms with van der Waals surface area (Å²) in [6.07, 6.45) is 8.40. The molecule has 0 saturated heterocycles. The molecule has 0 unspecified atom stereocenters. The fraction of sp³-hybridized carbons (Fsp3) is 0.524. The number of nitrogens with zero attached hydrogens (tertiary/aromatic N) is 3. The number of ether oxygens (including phenoxy) is 2. The first-order chi connectivity index (χ1) is 14.6. The zero-order chi connectivity index (χ0) is 20.7. The van der Waals surface area contributed by atoms with Gasteiger partial charge in [0.05, 0.1) is 19.3 Å². The summed E-state index contributed by atoms with van der Waals surface area (Å²) in [7, 11) is -0.251. The van der Waals surface area contributed by atoms with Crippen LogP contribution in [0.1, 0.15) is 41.5 Å². The van der Waals surface area contributed by atoms with Crippen LogP contribution < -0.4 is 10.1 Å². The second-order valence-corrected chi connectivity index (χ2v) is 9.12. The number of anilines is 1. The van der Waals surface area contributed by atoms with Crippen molar-refractivity contribution in [2.75, 3.05) is 19.0 Å². The Bertz CT molecular complexity index is 1050. The molecule has 2 heterocycles. The third-order valence-electron chi connectivity index (χ3n) is 6.21. The van der Waals surface area contributed by atoms with Crippen molar-refractivity contribution in [2.24, 2.45) is 4.36 Å². The van der Waals surface area contributed by atoms with Crippen LogP contribution in [0.3, 0.4) is 0 Å². The molecule has 3 aliphatic rings. The number of aryl methyl sites for hydroxylation is 2. The van der Waals surface area contributed by atoms with Crippen LogP contribution in [0.4, 0.5) is 10.5 Å². The number of carbonyl (C=O) groups excluding carboxylic acids is 1. The Hall–Kier alpha value is -2.39. The Morgan fingerprint density at radius 1 is 1.27 bits per heavy atom. The average molecular weight is 430 g/mol. The van der Waals surface area contributed by atoms with Crippen molar-refractivity contribution in [1.29, 1.82) is 0 Å². The molecule has 1 atom stereocenters. The second kappa shape index (κ2) is 8.03. The first-order valence-electron chi connectivity index (χ1n) is 10.5. The molecule has 8 nitrogen and oxygen atoms in total. The van der Waals surface area contributed by atoms with Crippen LogP contribution in [0.5, 0.6) is 5.88 Å². The van der Waals surface area contributed by atoms with E-state index in [1.807, 2.05) is 0 Å². The molecule has 2 aliphatic carbocycles. The Kier molecular flexibility index (Phi) is 5.24. The molecule has 0 fully saturated rings. The topological polar surface area (TPSA) is 94.8 Å². The lowest BCUT2D eigenvalue weighted by Gasteiger charge is -2.16. The molecule has 9 heteroatoms. The maximum Gasteiger partial charge on any atom is 0.322 e. The minimum Gasteiger partial charge on any atom is -0.479 e. The minimum absolute atomic E-state index is 0.0186. The van der Waals surface area contributed by atoms with Gasteiger partial charge in [-0.05, 0) is 65.7 Å². The zero-order valence-electron chi connectivity index (χ0n) is 17.0. The van der Waals surface area contributed by atoms with E-state index in [9.17, 15) is 9.00 Å². The fourth-order valence-corrected chi connectivity index (χ4v) is 5.48. The van der Waals surface area contributed by atoms with Crippen LogP contribution in [0.25, 0.3) is 0 Å². The highest BCUT2D eigenvalue weighted by Crippen LogP contribution is 2.38. The van der Waals surface area contributed by atoms with Gasteiger partial charge in [-0.25, -0.2) is 9.48 Å². The van der Waals surface area contributed by atoms with Gasteiger partial charge in [-0.3, -0.25) is 0 Å². The fourth-order valence-electron chi connectivity index (χ4n) is 4.74. The summed E-state index contributed by atoms with van der Waals surface area (Å²) in [6.45, 7) is 0.945. The van der Waals surface area contributed by atoms with E-state index in [1.54, 1.807) is 11.8 Å². The van der Waals surface area contributed by atoms with Gasteiger partial charge < -0.3 is 23.4 Å². The minimum atomic E-state index is -1.90. The summed E-state index contributed by atoms with van der Waals surface area (Å²) in [6, 6.07) is 1.72. The predicted octanol–water partition coefficient (Wildman–Crippen LogP) is 3.40. The van der Waals surface area contributed by atoms with Gasteiger partial charge in [-0.15, -0.1) is 10.6 Å². The van der Waals surface area contributed by atoms with E-state index in [2.05, 4.69) is 20.8 Å².